The van der Waals surface area contributed by atoms with Crippen molar-refractivity contribution in [3.05, 3.63) is 146 Å². The Hall–Kier alpha value is -5.40. The summed E-state index contributed by atoms with van der Waals surface area (Å²) < 4.78 is 6.41. The molecular formula is C40H24O. The molecule has 0 aliphatic heterocycles. The van der Waals surface area contributed by atoms with Crippen molar-refractivity contribution in [2.75, 3.05) is 0 Å². The Morgan fingerprint density at radius 3 is 1.76 bits per heavy atom. The summed E-state index contributed by atoms with van der Waals surface area (Å²) >= 11 is 0. The summed E-state index contributed by atoms with van der Waals surface area (Å²) in [5, 5.41) is 10.1. The van der Waals surface area contributed by atoms with Gasteiger partial charge in [-0.1, -0.05) is 127 Å². The number of hydrogen-bond acceptors (Lipinski definition) is 1. The molecule has 190 valence electrons. The van der Waals surface area contributed by atoms with Gasteiger partial charge in [0, 0.05) is 16.3 Å². The van der Waals surface area contributed by atoms with Crippen molar-refractivity contribution < 1.29 is 4.42 Å². The molecule has 1 nitrogen and oxygen atoms in total. The third-order valence-electron chi connectivity index (χ3n) is 8.62. The van der Waals surface area contributed by atoms with Gasteiger partial charge in [0.15, 0.2) is 0 Å². The van der Waals surface area contributed by atoms with E-state index in [1.807, 2.05) is 12.1 Å². The molecule has 1 aromatic heterocycles. The van der Waals surface area contributed by atoms with E-state index in [0.717, 1.165) is 33.1 Å². The van der Waals surface area contributed by atoms with Crippen molar-refractivity contribution in [3.63, 3.8) is 0 Å². The fourth-order valence-corrected chi connectivity index (χ4v) is 6.76. The molecule has 0 spiro atoms. The number of para-hydroxylation sites is 2. The molecule has 0 saturated heterocycles. The van der Waals surface area contributed by atoms with E-state index in [-0.39, 0.29) is 0 Å². The number of rotatable bonds is 3. The van der Waals surface area contributed by atoms with Gasteiger partial charge in [0.25, 0.3) is 0 Å². The van der Waals surface area contributed by atoms with E-state index in [9.17, 15) is 0 Å². The van der Waals surface area contributed by atoms with Crippen LogP contribution in [0, 0.1) is 0 Å². The molecule has 41 heavy (non-hydrogen) atoms. The largest absolute Gasteiger partial charge is 0.455 e. The average molecular weight is 521 g/mol. The first kappa shape index (κ1) is 22.4. The SMILES string of the molecule is c1ccc(-c2cc(-c3cccc(-c4cccc5c4oc4ccccc45)c3)c3ccc4cccc5ccc2c3c54)cc1. The van der Waals surface area contributed by atoms with Crippen molar-refractivity contribution >= 4 is 54.3 Å². The monoisotopic (exact) mass is 520 g/mol. The first-order chi connectivity index (χ1) is 20.3. The minimum atomic E-state index is 0.922. The quantitative estimate of drug-likeness (QED) is 0.211. The summed E-state index contributed by atoms with van der Waals surface area (Å²) in [5.41, 5.74) is 9.06. The standard InChI is InChI=1S/C40H24O/c1-2-9-25(10-3-1)35-24-36(33-22-20-27-12-6-11-26-19-21-32(35)39(33)38(26)27)29-14-7-13-28(23-29)30-16-8-17-34-31-15-4-5-18-37(31)41-40(30)34/h1-24H. The smallest absolute Gasteiger partial charge is 0.143 e. The second-order valence-electron chi connectivity index (χ2n) is 10.9. The van der Waals surface area contributed by atoms with Crippen LogP contribution >= 0.6 is 0 Å². The van der Waals surface area contributed by atoms with E-state index in [1.165, 1.54) is 54.6 Å². The molecule has 0 N–H and O–H groups in total. The van der Waals surface area contributed by atoms with Gasteiger partial charge in [0.1, 0.15) is 11.2 Å². The molecule has 0 bridgehead atoms. The van der Waals surface area contributed by atoms with E-state index >= 15 is 0 Å². The molecule has 0 saturated carbocycles. The van der Waals surface area contributed by atoms with Crippen molar-refractivity contribution in [2.24, 2.45) is 0 Å². The summed E-state index contributed by atoms with van der Waals surface area (Å²) in [4.78, 5) is 0. The van der Waals surface area contributed by atoms with Crippen molar-refractivity contribution in [2.45, 2.75) is 0 Å². The Balaban J connectivity index is 1.34. The zero-order valence-electron chi connectivity index (χ0n) is 22.3. The summed E-state index contributed by atoms with van der Waals surface area (Å²) in [7, 11) is 0. The normalized spacial score (nSPS) is 11.9. The van der Waals surface area contributed by atoms with Crippen LogP contribution in [-0.4, -0.2) is 0 Å². The van der Waals surface area contributed by atoms with E-state index in [0.29, 0.717) is 0 Å². The van der Waals surface area contributed by atoms with Crippen LogP contribution in [0.4, 0.5) is 0 Å². The first-order valence-corrected chi connectivity index (χ1v) is 14.1. The minimum absolute atomic E-state index is 0.922. The second-order valence-corrected chi connectivity index (χ2v) is 10.9. The molecule has 9 rings (SSSR count). The average Bonchev–Trinajstić information content (AvgIpc) is 3.43. The van der Waals surface area contributed by atoms with Gasteiger partial charge in [-0.05, 0) is 78.3 Å². The molecule has 0 amide bonds. The maximum absolute atomic E-state index is 6.41. The van der Waals surface area contributed by atoms with Crippen LogP contribution in [0.2, 0.25) is 0 Å². The van der Waals surface area contributed by atoms with Gasteiger partial charge in [-0.3, -0.25) is 0 Å². The van der Waals surface area contributed by atoms with Gasteiger partial charge in [-0.25, -0.2) is 0 Å². The fraction of sp³-hybridized carbons (Fsp3) is 0. The predicted octanol–water partition coefficient (Wildman–Crippen LogP) is 11.5. The van der Waals surface area contributed by atoms with Crippen LogP contribution in [-0.2, 0) is 0 Å². The summed E-state index contributed by atoms with van der Waals surface area (Å²) in [6, 6.07) is 52.6. The van der Waals surface area contributed by atoms with E-state index in [2.05, 4.69) is 133 Å². The number of fused-ring (bicyclic) bond motifs is 3. The lowest BCUT2D eigenvalue weighted by Gasteiger charge is -2.18. The molecule has 0 unspecified atom stereocenters. The summed E-state index contributed by atoms with van der Waals surface area (Å²) in [5.74, 6) is 0. The van der Waals surface area contributed by atoms with Crippen LogP contribution in [0.5, 0.6) is 0 Å². The highest BCUT2D eigenvalue weighted by Crippen LogP contribution is 2.45. The Kier molecular flexibility index (Phi) is 4.67. The zero-order chi connectivity index (χ0) is 26.9. The predicted molar refractivity (Wildman–Crippen MR) is 174 cm³/mol. The van der Waals surface area contributed by atoms with Crippen LogP contribution in [0.25, 0.3) is 87.6 Å². The Morgan fingerprint density at radius 2 is 0.951 bits per heavy atom. The topological polar surface area (TPSA) is 13.1 Å². The molecule has 0 fully saturated rings. The molecule has 1 heterocycles. The molecule has 9 aromatic rings. The van der Waals surface area contributed by atoms with E-state index < -0.39 is 0 Å². The van der Waals surface area contributed by atoms with Gasteiger partial charge in [0.2, 0.25) is 0 Å². The van der Waals surface area contributed by atoms with Crippen LogP contribution in [0.1, 0.15) is 0 Å². The van der Waals surface area contributed by atoms with Crippen LogP contribution in [0.15, 0.2) is 150 Å². The number of furan rings is 1. The maximum atomic E-state index is 6.41. The first-order valence-electron chi connectivity index (χ1n) is 14.1. The van der Waals surface area contributed by atoms with Gasteiger partial charge >= 0.3 is 0 Å². The molecule has 0 aliphatic rings. The van der Waals surface area contributed by atoms with Gasteiger partial charge in [0.05, 0.1) is 0 Å². The Bertz CT molecular complexity index is 2390. The number of benzene rings is 8. The highest BCUT2D eigenvalue weighted by Gasteiger charge is 2.18. The highest BCUT2D eigenvalue weighted by atomic mass is 16.3. The lowest BCUT2D eigenvalue weighted by Crippen LogP contribution is -1.91. The summed E-state index contributed by atoms with van der Waals surface area (Å²) in [6.45, 7) is 0. The van der Waals surface area contributed by atoms with Crippen LogP contribution in [0.3, 0.4) is 0 Å². The zero-order valence-corrected chi connectivity index (χ0v) is 22.3. The summed E-state index contributed by atoms with van der Waals surface area (Å²) in [6.07, 6.45) is 0. The molecule has 8 aromatic carbocycles. The van der Waals surface area contributed by atoms with E-state index in [4.69, 9.17) is 4.42 Å². The third kappa shape index (κ3) is 3.30. The van der Waals surface area contributed by atoms with E-state index in [1.54, 1.807) is 0 Å². The van der Waals surface area contributed by atoms with Gasteiger partial charge < -0.3 is 4.42 Å². The van der Waals surface area contributed by atoms with Crippen LogP contribution < -0.4 is 0 Å². The molecule has 1 heteroatoms. The fourth-order valence-electron chi connectivity index (χ4n) is 6.76. The number of hydrogen-bond donors (Lipinski definition) is 0. The van der Waals surface area contributed by atoms with Crippen molar-refractivity contribution in [1.82, 2.24) is 0 Å². The van der Waals surface area contributed by atoms with Gasteiger partial charge in [-0.15, -0.1) is 0 Å². The Labute approximate surface area is 237 Å². The second kappa shape index (κ2) is 8.55. The lowest BCUT2D eigenvalue weighted by atomic mass is 9.85. The lowest BCUT2D eigenvalue weighted by molar-refractivity contribution is 0.670. The molecule has 0 radical (unpaired) electrons. The maximum Gasteiger partial charge on any atom is 0.143 e. The third-order valence-corrected chi connectivity index (χ3v) is 8.62. The highest BCUT2D eigenvalue weighted by molar-refractivity contribution is 6.28. The minimum Gasteiger partial charge on any atom is -0.455 e. The molecule has 0 aliphatic carbocycles. The molecular weight excluding hydrogens is 496 g/mol. The van der Waals surface area contributed by atoms with Gasteiger partial charge in [-0.2, -0.15) is 0 Å². The molecule has 0 atom stereocenters. The van der Waals surface area contributed by atoms with Crippen molar-refractivity contribution in [3.8, 4) is 33.4 Å². The Morgan fingerprint density at radius 1 is 0.341 bits per heavy atom. The van der Waals surface area contributed by atoms with Crippen molar-refractivity contribution in [1.29, 1.82) is 0 Å².